The average Bonchev–Trinajstić information content (AvgIpc) is 3.13. The van der Waals surface area contributed by atoms with Crippen LogP contribution in [-0.4, -0.2) is 51.8 Å². The van der Waals surface area contributed by atoms with Crippen LogP contribution in [0.15, 0.2) is 48.5 Å². The van der Waals surface area contributed by atoms with E-state index < -0.39 is 0 Å². The van der Waals surface area contributed by atoms with E-state index in [0.29, 0.717) is 35.9 Å². The molecule has 28 heavy (non-hydrogen) atoms. The number of amides is 1. The van der Waals surface area contributed by atoms with E-state index in [1.165, 1.54) is 28.9 Å². The molecule has 1 amide bonds. The Morgan fingerprint density at radius 3 is 2.11 bits per heavy atom. The van der Waals surface area contributed by atoms with Crippen molar-refractivity contribution in [2.45, 2.75) is 6.54 Å². The maximum absolute atomic E-state index is 13.3. The van der Waals surface area contributed by atoms with Crippen LogP contribution in [0.5, 0.6) is 0 Å². The van der Waals surface area contributed by atoms with E-state index >= 15 is 0 Å². The van der Waals surface area contributed by atoms with Gasteiger partial charge in [0.25, 0.3) is 0 Å². The molecule has 0 aliphatic carbocycles. The average molecular weight is 383 g/mol. The van der Waals surface area contributed by atoms with Gasteiger partial charge in [-0.25, -0.2) is 18.4 Å². The molecule has 3 aromatic rings. The fourth-order valence-electron chi connectivity index (χ4n) is 3.13. The van der Waals surface area contributed by atoms with Crippen molar-refractivity contribution < 1.29 is 13.6 Å². The predicted molar refractivity (Wildman–Crippen MR) is 100 cm³/mol. The Morgan fingerprint density at radius 2 is 1.50 bits per heavy atom. The summed E-state index contributed by atoms with van der Waals surface area (Å²) in [4.78, 5) is 19.0. The number of carbonyl (C=O) groups excluding carboxylic acids is 1. The first kappa shape index (κ1) is 18.2. The molecule has 1 saturated heterocycles. The minimum atomic E-state index is -0.356. The Labute approximate surface area is 160 Å². The molecular weight excluding hydrogens is 364 g/mol. The van der Waals surface area contributed by atoms with E-state index in [4.69, 9.17) is 0 Å². The highest BCUT2D eigenvalue weighted by Crippen LogP contribution is 2.23. The second-order valence-corrected chi connectivity index (χ2v) is 6.56. The molecule has 1 aliphatic rings. The summed E-state index contributed by atoms with van der Waals surface area (Å²) < 4.78 is 28.1. The lowest BCUT2D eigenvalue weighted by atomic mass is 10.2. The predicted octanol–water partition coefficient (Wildman–Crippen LogP) is 2.32. The van der Waals surface area contributed by atoms with E-state index in [0.717, 1.165) is 13.1 Å². The summed E-state index contributed by atoms with van der Waals surface area (Å²) in [6.45, 7) is 2.83. The number of aromatic nitrogens is 3. The largest absolute Gasteiger partial charge is 0.339 e. The maximum atomic E-state index is 13.3. The molecule has 1 N–H and O–H groups in total. The summed E-state index contributed by atoms with van der Waals surface area (Å²) in [6, 6.07) is 11.7. The summed E-state index contributed by atoms with van der Waals surface area (Å²) in [5, 5.41) is 7.68. The summed E-state index contributed by atoms with van der Waals surface area (Å²) in [7, 11) is 0. The van der Waals surface area contributed by atoms with E-state index in [2.05, 4.69) is 15.4 Å². The third kappa shape index (κ3) is 3.91. The van der Waals surface area contributed by atoms with E-state index in [1.54, 1.807) is 29.2 Å². The second-order valence-electron chi connectivity index (χ2n) is 6.56. The molecule has 1 fully saturated rings. The van der Waals surface area contributed by atoms with Gasteiger partial charge in [-0.1, -0.05) is 0 Å². The number of hydrogen-bond acceptors (Lipinski definition) is 4. The number of halogens is 2. The van der Waals surface area contributed by atoms with Crippen LogP contribution in [0.3, 0.4) is 0 Å². The number of nitrogens with zero attached hydrogens (tertiary/aromatic N) is 4. The van der Waals surface area contributed by atoms with Gasteiger partial charge in [0.05, 0.1) is 0 Å². The monoisotopic (exact) mass is 383 g/mol. The fraction of sp³-hybridized carbons (Fsp3) is 0.250. The number of hydrogen-bond donors (Lipinski definition) is 1. The summed E-state index contributed by atoms with van der Waals surface area (Å²) in [5.41, 5.74) is 1.29. The summed E-state index contributed by atoms with van der Waals surface area (Å²) >= 11 is 0. The number of nitrogens with one attached hydrogen (secondary N) is 1. The molecule has 6 nitrogen and oxygen atoms in total. The van der Waals surface area contributed by atoms with Crippen LogP contribution in [0.25, 0.3) is 22.8 Å². The highest BCUT2D eigenvalue weighted by atomic mass is 19.1. The molecule has 4 rings (SSSR count). The lowest BCUT2D eigenvalue weighted by Gasteiger charge is -2.27. The van der Waals surface area contributed by atoms with Gasteiger partial charge in [0.2, 0.25) is 5.91 Å². The zero-order chi connectivity index (χ0) is 19.5. The molecule has 8 heteroatoms. The Morgan fingerprint density at radius 1 is 0.929 bits per heavy atom. The first-order valence-corrected chi connectivity index (χ1v) is 9.05. The molecule has 0 atom stereocenters. The van der Waals surface area contributed by atoms with E-state index in [-0.39, 0.29) is 24.1 Å². The third-order valence-corrected chi connectivity index (χ3v) is 4.63. The lowest BCUT2D eigenvalue weighted by Crippen LogP contribution is -2.47. The minimum Gasteiger partial charge on any atom is -0.339 e. The SMILES string of the molecule is O=C(Cn1nc(-c2ccc(F)cc2)nc1-c1ccc(F)cc1)N1CCNCC1. The summed E-state index contributed by atoms with van der Waals surface area (Å²) in [5.74, 6) is 0.0805. The van der Waals surface area contributed by atoms with Gasteiger partial charge in [-0.05, 0) is 48.5 Å². The highest BCUT2D eigenvalue weighted by molar-refractivity contribution is 5.77. The van der Waals surface area contributed by atoms with Gasteiger partial charge < -0.3 is 10.2 Å². The van der Waals surface area contributed by atoms with Crippen molar-refractivity contribution in [3.05, 3.63) is 60.2 Å². The van der Waals surface area contributed by atoms with Crippen LogP contribution >= 0.6 is 0 Å². The van der Waals surface area contributed by atoms with Crippen molar-refractivity contribution in [2.24, 2.45) is 0 Å². The van der Waals surface area contributed by atoms with Crippen molar-refractivity contribution >= 4 is 5.91 Å². The first-order valence-electron chi connectivity index (χ1n) is 9.05. The van der Waals surface area contributed by atoms with Crippen molar-refractivity contribution in [1.82, 2.24) is 25.0 Å². The van der Waals surface area contributed by atoms with Crippen LogP contribution in [0.1, 0.15) is 0 Å². The normalized spacial score (nSPS) is 14.3. The molecule has 0 spiro atoms. The third-order valence-electron chi connectivity index (χ3n) is 4.63. The van der Waals surface area contributed by atoms with Gasteiger partial charge in [-0.15, -0.1) is 5.10 Å². The number of carbonyl (C=O) groups is 1. The zero-order valence-corrected chi connectivity index (χ0v) is 15.1. The van der Waals surface area contributed by atoms with Crippen LogP contribution in [-0.2, 0) is 11.3 Å². The Hall–Kier alpha value is -3.13. The lowest BCUT2D eigenvalue weighted by molar-refractivity contribution is -0.132. The minimum absolute atomic E-state index is 0.0287. The zero-order valence-electron chi connectivity index (χ0n) is 15.1. The van der Waals surface area contributed by atoms with Gasteiger partial charge >= 0.3 is 0 Å². The van der Waals surface area contributed by atoms with Crippen LogP contribution < -0.4 is 5.32 Å². The van der Waals surface area contributed by atoms with E-state index in [1.807, 2.05) is 0 Å². The Bertz CT molecular complexity index is 963. The first-order chi connectivity index (χ1) is 13.6. The molecule has 2 aromatic carbocycles. The molecule has 0 unspecified atom stereocenters. The summed E-state index contributed by atoms with van der Waals surface area (Å²) in [6.07, 6.45) is 0. The topological polar surface area (TPSA) is 63.1 Å². The van der Waals surface area contributed by atoms with Gasteiger partial charge in [0.1, 0.15) is 18.2 Å². The number of piperazine rings is 1. The molecule has 0 radical (unpaired) electrons. The van der Waals surface area contributed by atoms with E-state index in [9.17, 15) is 13.6 Å². The molecule has 144 valence electrons. The Kier molecular flexibility index (Phi) is 5.12. The quantitative estimate of drug-likeness (QED) is 0.751. The van der Waals surface area contributed by atoms with Crippen molar-refractivity contribution in [2.75, 3.05) is 26.2 Å². The van der Waals surface area contributed by atoms with Crippen molar-refractivity contribution in [3.8, 4) is 22.8 Å². The van der Waals surface area contributed by atoms with Crippen molar-refractivity contribution in [3.63, 3.8) is 0 Å². The standard InChI is InChI=1S/C20H19F2N5O/c21-16-5-1-14(2-6-16)19-24-20(15-3-7-17(22)8-4-15)27(25-19)13-18(28)26-11-9-23-10-12-26/h1-8,23H,9-13H2. The van der Waals surface area contributed by atoms with Crippen molar-refractivity contribution in [1.29, 1.82) is 0 Å². The Balaban J connectivity index is 1.68. The van der Waals surface area contributed by atoms with Gasteiger partial charge in [-0.2, -0.15) is 0 Å². The van der Waals surface area contributed by atoms with Crippen LogP contribution in [0.2, 0.25) is 0 Å². The fourth-order valence-corrected chi connectivity index (χ4v) is 3.13. The number of benzene rings is 2. The molecule has 0 saturated carbocycles. The molecule has 1 aliphatic heterocycles. The van der Waals surface area contributed by atoms with Gasteiger partial charge in [0.15, 0.2) is 11.6 Å². The molecule has 0 bridgehead atoms. The van der Waals surface area contributed by atoms with Gasteiger partial charge in [0, 0.05) is 37.3 Å². The van der Waals surface area contributed by atoms with Crippen LogP contribution in [0.4, 0.5) is 8.78 Å². The number of rotatable bonds is 4. The highest BCUT2D eigenvalue weighted by Gasteiger charge is 2.20. The van der Waals surface area contributed by atoms with Gasteiger partial charge in [-0.3, -0.25) is 4.79 Å². The molecular formula is C20H19F2N5O. The smallest absolute Gasteiger partial charge is 0.244 e. The second kappa shape index (κ2) is 7.85. The maximum Gasteiger partial charge on any atom is 0.244 e. The van der Waals surface area contributed by atoms with Crippen LogP contribution in [0, 0.1) is 11.6 Å². The molecule has 2 heterocycles. The molecule has 1 aromatic heterocycles.